The second kappa shape index (κ2) is 4.82. The van der Waals surface area contributed by atoms with Gasteiger partial charge in [0.05, 0.1) is 0 Å². The first-order valence-electron chi connectivity index (χ1n) is 5.49. The van der Waals surface area contributed by atoms with E-state index in [-0.39, 0.29) is 0 Å². The average Bonchev–Trinajstić information content (AvgIpc) is 2.55. The normalized spacial score (nSPS) is 11.1. The zero-order chi connectivity index (χ0) is 11.5. The maximum Gasteiger partial charge on any atom is 0.202 e. The van der Waals surface area contributed by atoms with Gasteiger partial charge >= 0.3 is 0 Å². The van der Waals surface area contributed by atoms with Crippen molar-refractivity contribution in [3.63, 3.8) is 0 Å². The molecule has 86 valence electrons. The standard InChI is InChI=1S/C11H15BrN4/c1-2-3-4-5-16-10-9(15-11(16)13)6-8(12)7-14-10/h6-7H,2-5H2,1H3,(H2,13,15). The average molecular weight is 283 g/mol. The first kappa shape index (κ1) is 11.4. The van der Waals surface area contributed by atoms with E-state index < -0.39 is 0 Å². The highest BCUT2D eigenvalue weighted by Crippen LogP contribution is 2.20. The quantitative estimate of drug-likeness (QED) is 0.878. The number of hydrogen-bond acceptors (Lipinski definition) is 3. The van der Waals surface area contributed by atoms with Crippen LogP contribution in [-0.4, -0.2) is 14.5 Å². The van der Waals surface area contributed by atoms with Crippen molar-refractivity contribution in [1.82, 2.24) is 14.5 Å². The van der Waals surface area contributed by atoms with E-state index >= 15 is 0 Å². The SMILES string of the molecule is CCCCCn1c(N)nc2cc(Br)cnc21. The highest BCUT2D eigenvalue weighted by Gasteiger charge is 2.08. The molecule has 2 aromatic rings. The van der Waals surface area contributed by atoms with Crippen LogP contribution in [-0.2, 0) is 6.54 Å². The highest BCUT2D eigenvalue weighted by molar-refractivity contribution is 9.10. The Balaban J connectivity index is 2.32. The number of imidazole rings is 1. The largest absolute Gasteiger partial charge is 0.369 e. The van der Waals surface area contributed by atoms with Crippen LogP contribution in [0.15, 0.2) is 16.7 Å². The molecule has 0 saturated carbocycles. The highest BCUT2D eigenvalue weighted by atomic mass is 79.9. The van der Waals surface area contributed by atoms with Crippen LogP contribution >= 0.6 is 15.9 Å². The molecule has 0 atom stereocenters. The molecule has 0 aliphatic heterocycles. The van der Waals surface area contributed by atoms with Crippen LogP contribution in [0.4, 0.5) is 5.95 Å². The van der Waals surface area contributed by atoms with Gasteiger partial charge in [-0.05, 0) is 28.4 Å². The predicted molar refractivity (Wildman–Crippen MR) is 69.2 cm³/mol. The van der Waals surface area contributed by atoms with Gasteiger partial charge in [-0.25, -0.2) is 9.97 Å². The van der Waals surface area contributed by atoms with Crippen LogP contribution in [0.3, 0.4) is 0 Å². The lowest BCUT2D eigenvalue weighted by Crippen LogP contribution is -2.04. The molecule has 0 spiro atoms. The minimum Gasteiger partial charge on any atom is -0.369 e. The van der Waals surface area contributed by atoms with E-state index in [1.54, 1.807) is 6.20 Å². The zero-order valence-corrected chi connectivity index (χ0v) is 10.9. The van der Waals surface area contributed by atoms with Gasteiger partial charge in [-0.3, -0.25) is 4.57 Å². The molecule has 0 saturated heterocycles. The van der Waals surface area contributed by atoms with E-state index in [1.165, 1.54) is 12.8 Å². The second-order valence-corrected chi connectivity index (χ2v) is 4.74. The fourth-order valence-electron chi connectivity index (χ4n) is 1.74. The number of unbranched alkanes of at least 4 members (excludes halogenated alkanes) is 2. The fourth-order valence-corrected chi connectivity index (χ4v) is 2.06. The molecule has 0 bridgehead atoms. The molecule has 4 nitrogen and oxygen atoms in total. The van der Waals surface area contributed by atoms with Crippen molar-refractivity contribution < 1.29 is 0 Å². The van der Waals surface area contributed by atoms with Gasteiger partial charge in [0, 0.05) is 17.2 Å². The van der Waals surface area contributed by atoms with Gasteiger partial charge in [0.1, 0.15) is 5.52 Å². The number of rotatable bonds is 4. The number of pyridine rings is 1. The van der Waals surface area contributed by atoms with Gasteiger partial charge in [0.25, 0.3) is 0 Å². The summed E-state index contributed by atoms with van der Waals surface area (Å²) in [7, 11) is 0. The number of aryl methyl sites for hydroxylation is 1. The molecule has 16 heavy (non-hydrogen) atoms. The lowest BCUT2D eigenvalue weighted by atomic mass is 10.2. The van der Waals surface area contributed by atoms with Crippen LogP contribution in [0.2, 0.25) is 0 Å². The van der Waals surface area contributed by atoms with Gasteiger partial charge in [0.15, 0.2) is 5.65 Å². The van der Waals surface area contributed by atoms with Crippen LogP contribution in [0.5, 0.6) is 0 Å². The van der Waals surface area contributed by atoms with Crippen molar-refractivity contribution in [2.24, 2.45) is 0 Å². The van der Waals surface area contributed by atoms with E-state index in [0.29, 0.717) is 5.95 Å². The minimum atomic E-state index is 0.553. The monoisotopic (exact) mass is 282 g/mol. The number of nitrogens with zero attached hydrogens (tertiary/aromatic N) is 3. The van der Waals surface area contributed by atoms with E-state index in [9.17, 15) is 0 Å². The van der Waals surface area contributed by atoms with E-state index in [1.807, 2.05) is 10.6 Å². The van der Waals surface area contributed by atoms with Crippen molar-refractivity contribution >= 4 is 33.0 Å². The van der Waals surface area contributed by atoms with E-state index in [2.05, 4.69) is 32.8 Å². The number of halogens is 1. The lowest BCUT2D eigenvalue weighted by Gasteiger charge is -2.04. The van der Waals surface area contributed by atoms with Crippen molar-refractivity contribution in [2.75, 3.05) is 5.73 Å². The summed E-state index contributed by atoms with van der Waals surface area (Å²) in [6.45, 7) is 3.08. The van der Waals surface area contributed by atoms with Crippen molar-refractivity contribution in [1.29, 1.82) is 0 Å². The van der Waals surface area contributed by atoms with Gasteiger partial charge in [0.2, 0.25) is 5.95 Å². The van der Waals surface area contributed by atoms with Crippen LogP contribution in [0.1, 0.15) is 26.2 Å². The molecule has 2 aromatic heterocycles. The first-order valence-corrected chi connectivity index (χ1v) is 6.29. The Kier molecular flexibility index (Phi) is 3.43. The Labute approximate surface area is 103 Å². The third-order valence-electron chi connectivity index (χ3n) is 2.57. The van der Waals surface area contributed by atoms with Gasteiger partial charge < -0.3 is 5.73 Å². The smallest absolute Gasteiger partial charge is 0.202 e. The summed E-state index contributed by atoms with van der Waals surface area (Å²) in [6.07, 6.45) is 5.30. The maximum atomic E-state index is 5.88. The van der Waals surface area contributed by atoms with Crippen LogP contribution in [0.25, 0.3) is 11.2 Å². The molecule has 0 fully saturated rings. The molecule has 0 radical (unpaired) electrons. The number of anilines is 1. The summed E-state index contributed by atoms with van der Waals surface area (Å²) in [4.78, 5) is 8.65. The third-order valence-corrected chi connectivity index (χ3v) is 3.00. The molecular weight excluding hydrogens is 268 g/mol. The van der Waals surface area contributed by atoms with Crippen molar-refractivity contribution in [2.45, 2.75) is 32.7 Å². The van der Waals surface area contributed by atoms with Crippen LogP contribution in [0, 0.1) is 0 Å². The molecule has 5 heteroatoms. The Bertz CT molecular complexity index is 492. The van der Waals surface area contributed by atoms with Gasteiger partial charge in [-0.15, -0.1) is 0 Å². The van der Waals surface area contributed by atoms with Crippen LogP contribution < -0.4 is 5.73 Å². The van der Waals surface area contributed by atoms with E-state index in [4.69, 9.17) is 5.73 Å². The maximum absolute atomic E-state index is 5.88. The van der Waals surface area contributed by atoms with Crippen molar-refractivity contribution in [3.8, 4) is 0 Å². The minimum absolute atomic E-state index is 0.553. The summed E-state index contributed by atoms with van der Waals surface area (Å²) < 4.78 is 2.91. The molecule has 0 unspecified atom stereocenters. The Morgan fingerprint density at radius 2 is 2.25 bits per heavy atom. The number of nitrogens with two attached hydrogens (primary N) is 1. The van der Waals surface area contributed by atoms with Gasteiger partial charge in [-0.2, -0.15) is 0 Å². The molecule has 0 amide bonds. The Morgan fingerprint density at radius 3 is 3.00 bits per heavy atom. The Morgan fingerprint density at radius 1 is 1.44 bits per heavy atom. The summed E-state index contributed by atoms with van der Waals surface area (Å²) >= 11 is 3.38. The molecule has 2 heterocycles. The third kappa shape index (κ3) is 2.19. The molecular formula is C11H15BrN4. The van der Waals surface area contributed by atoms with Gasteiger partial charge in [-0.1, -0.05) is 19.8 Å². The molecule has 0 aliphatic rings. The number of hydrogen-bond donors (Lipinski definition) is 1. The first-order chi connectivity index (χ1) is 7.72. The summed E-state index contributed by atoms with van der Waals surface area (Å²) in [5.41, 5.74) is 7.60. The summed E-state index contributed by atoms with van der Waals surface area (Å²) in [5, 5.41) is 0. The van der Waals surface area contributed by atoms with Crippen molar-refractivity contribution in [3.05, 3.63) is 16.7 Å². The zero-order valence-electron chi connectivity index (χ0n) is 9.28. The topological polar surface area (TPSA) is 56.7 Å². The second-order valence-electron chi connectivity index (χ2n) is 3.83. The number of nitrogen functional groups attached to an aromatic ring is 1. The Hall–Kier alpha value is -1.10. The fraction of sp³-hybridized carbons (Fsp3) is 0.455. The lowest BCUT2D eigenvalue weighted by molar-refractivity contribution is 0.616. The summed E-state index contributed by atoms with van der Waals surface area (Å²) in [6, 6.07) is 1.94. The molecule has 2 rings (SSSR count). The number of aromatic nitrogens is 3. The summed E-state index contributed by atoms with van der Waals surface area (Å²) in [5.74, 6) is 0.553. The van der Waals surface area contributed by atoms with E-state index in [0.717, 1.165) is 28.6 Å². The molecule has 0 aromatic carbocycles. The molecule has 0 aliphatic carbocycles. The molecule has 2 N–H and O–H groups in total. The predicted octanol–water partition coefficient (Wildman–Crippen LogP) is 2.97. The number of fused-ring (bicyclic) bond motifs is 1.